The molecule has 0 spiro atoms. The number of rotatable bonds is 10. The summed E-state index contributed by atoms with van der Waals surface area (Å²) >= 11 is 0. The molecule has 0 aliphatic carbocycles. The zero-order valence-corrected chi connectivity index (χ0v) is 24.6. The van der Waals surface area contributed by atoms with Crippen molar-refractivity contribution in [3.63, 3.8) is 0 Å². The second-order valence-electron chi connectivity index (χ2n) is 10.7. The number of carbonyl (C=O) groups is 2. The number of likely N-dealkylation sites (tertiary alicyclic amines) is 1. The van der Waals surface area contributed by atoms with E-state index in [1.165, 1.54) is 11.8 Å². The van der Waals surface area contributed by atoms with Gasteiger partial charge in [0.05, 0.1) is 6.04 Å². The van der Waals surface area contributed by atoms with Crippen LogP contribution in [0.3, 0.4) is 0 Å². The third kappa shape index (κ3) is 6.86. The molecule has 0 radical (unpaired) electrons. The molecular weight excluding hydrogens is 548 g/mol. The summed E-state index contributed by atoms with van der Waals surface area (Å²) in [6, 6.07) is 22.9. The summed E-state index contributed by atoms with van der Waals surface area (Å²) < 4.78 is 18.7. The van der Waals surface area contributed by atoms with Crippen LogP contribution in [0.1, 0.15) is 47.1 Å². The molecule has 5 rings (SSSR count). The number of aldehydes is 1. The van der Waals surface area contributed by atoms with Crippen molar-refractivity contribution in [1.29, 1.82) is 0 Å². The molecule has 10 nitrogen and oxygen atoms in total. The number of H-pyrrole nitrogens is 1. The third-order valence-corrected chi connectivity index (χ3v) is 7.74. The number of nitrogens with zero attached hydrogens (tertiary/aromatic N) is 3. The van der Waals surface area contributed by atoms with Crippen molar-refractivity contribution in [1.82, 2.24) is 19.7 Å². The Hall–Kier alpha value is -4.70. The fraction of sp³-hybridized carbons (Fsp3) is 0.333. The number of aryl methyl sites for hydroxylation is 2. The summed E-state index contributed by atoms with van der Waals surface area (Å²) in [4.78, 5) is 42.4. The SMILES string of the molecule is COC(OC(=O)N1CCC(n2nc(-c3ccccc3)[nH]c2=O)CC1)[C@H](C=O)c1cc(C)c(OCc2ccccc2)c(C)c1. The van der Waals surface area contributed by atoms with Crippen LogP contribution in [0, 0.1) is 13.8 Å². The number of piperidine rings is 1. The average molecular weight is 585 g/mol. The first kappa shape index (κ1) is 29.8. The molecule has 43 heavy (non-hydrogen) atoms. The third-order valence-electron chi connectivity index (χ3n) is 7.74. The molecule has 1 saturated heterocycles. The van der Waals surface area contributed by atoms with Crippen molar-refractivity contribution < 1.29 is 23.8 Å². The molecule has 0 saturated carbocycles. The lowest BCUT2D eigenvalue weighted by atomic mass is 9.95. The van der Waals surface area contributed by atoms with Crippen LogP contribution in [0.4, 0.5) is 4.79 Å². The topological polar surface area (TPSA) is 116 Å². The van der Waals surface area contributed by atoms with E-state index < -0.39 is 18.3 Å². The molecule has 1 aliphatic heterocycles. The zero-order chi connectivity index (χ0) is 30.3. The number of ether oxygens (including phenoxy) is 3. The lowest BCUT2D eigenvalue weighted by Gasteiger charge is -2.32. The summed E-state index contributed by atoms with van der Waals surface area (Å²) in [5.41, 5.74) is 4.00. The van der Waals surface area contributed by atoms with Crippen LogP contribution in [0.15, 0.2) is 77.6 Å². The number of nitrogens with one attached hydrogen (secondary N) is 1. The van der Waals surface area contributed by atoms with Gasteiger partial charge < -0.3 is 23.9 Å². The number of amides is 1. The van der Waals surface area contributed by atoms with Gasteiger partial charge in [-0.1, -0.05) is 72.8 Å². The van der Waals surface area contributed by atoms with Crippen LogP contribution in [-0.2, 0) is 20.9 Å². The maximum absolute atomic E-state index is 13.1. The van der Waals surface area contributed by atoms with Crippen molar-refractivity contribution in [3.8, 4) is 17.1 Å². The smallest absolute Gasteiger partial charge is 0.412 e. The molecule has 0 bridgehead atoms. The van der Waals surface area contributed by atoms with E-state index in [0.29, 0.717) is 43.9 Å². The van der Waals surface area contributed by atoms with E-state index in [1.807, 2.05) is 86.6 Å². The van der Waals surface area contributed by atoms with Gasteiger partial charge in [0.25, 0.3) is 0 Å². The highest BCUT2D eigenvalue weighted by Gasteiger charge is 2.32. The van der Waals surface area contributed by atoms with Gasteiger partial charge in [-0.2, -0.15) is 0 Å². The Labute approximate surface area is 250 Å². The van der Waals surface area contributed by atoms with Crippen molar-refractivity contribution in [2.75, 3.05) is 20.2 Å². The molecule has 2 atom stereocenters. The molecule has 1 aromatic heterocycles. The first-order valence-electron chi connectivity index (χ1n) is 14.3. The van der Waals surface area contributed by atoms with Gasteiger partial charge in [0.1, 0.15) is 24.6 Å². The lowest BCUT2D eigenvalue weighted by molar-refractivity contribution is -0.129. The minimum absolute atomic E-state index is 0.153. The van der Waals surface area contributed by atoms with E-state index in [2.05, 4.69) is 10.1 Å². The molecule has 1 unspecified atom stereocenters. The summed E-state index contributed by atoms with van der Waals surface area (Å²) in [6.07, 6.45) is 0.116. The molecule has 10 heteroatoms. The van der Waals surface area contributed by atoms with Gasteiger partial charge in [-0.3, -0.25) is 4.98 Å². The molecule has 1 fully saturated rings. The Morgan fingerprint density at radius 3 is 2.26 bits per heavy atom. The fourth-order valence-corrected chi connectivity index (χ4v) is 5.48. The van der Waals surface area contributed by atoms with Crippen LogP contribution in [0.25, 0.3) is 11.4 Å². The summed E-state index contributed by atoms with van der Waals surface area (Å²) in [7, 11) is 1.41. The molecule has 2 heterocycles. The standard InChI is InChI=1S/C33H36N4O6/c1-22-18-26(19-23(2)29(22)42-21-24-10-6-4-7-11-24)28(20-38)31(41-3)43-33(40)36-16-14-27(15-17-36)37-32(39)34-30(35-37)25-12-8-5-9-13-25/h4-13,18-20,27-28,31H,14-17,21H2,1-3H3,(H,34,35,39)/t28-,31?/m1/s1. The van der Waals surface area contributed by atoms with Crippen molar-refractivity contribution in [2.24, 2.45) is 0 Å². The van der Waals surface area contributed by atoms with E-state index in [1.54, 1.807) is 4.90 Å². The van der Waals surface area contributed by atoms with Crippen molar-refractivity contribution >= 4 is 12.4 Å². The lowest BCUT2D eigenvalue weighted by Crippen LogP contribution is -2.43. The first-order valence-corrected chi connectivity index (χ1v) is 14.3. The molecular formula is C33H36N4O6. The Balaban J connectivity index is 1.21. The molecule has 3 aromatic carbocycles. The van der Waals surface area contributed by atoms with Gasteiger partial charge >= 0.3 is 11.8 Å². The Bertz CT molecular complexity index is 1570. The number of benzene rings is 3. The van der Waals surface area contributed by atoms with E-state index in [-0.39, 0.29) is 11.7 Å². The number of hydrogen-bond donors (Lipinski definition) is 1. The summed E-state index contributed by atoms with van der Waals surface area (Å²) in [6.45, 7) is 5.01. The molecule has 4 aromatic rings. The number of carbonyl (C=O) groups excluding carboxylic acids is 2. The molecule has 1 amide bonds. The van der Waals surface area contributed by atoms with Crippen LogP contribution in [0.2, 0.25) is 0 Å². The van der Waals surface area contributed by atoms with Gasteiger partial charge in [0, 0.05) is 25.8 Å². The van der Waals surface area contributed by atoms with Crippen molar-refractivity contribution in [2.45, 2.75) is 51.5 Å². The number of methoxy groups -OCH3 is 1. The van der Waals surface area contributed by atoms with Crippen molar-refractivity contribution in [3.05, 3.63) is 106 Å². The highest BCUT2D eigenvalue weighted by molar-refractivity contribution is 5.70. The van der Waals surface area contributed by atoms with Gasteiger partial charge in [-0.25, -0.2) is 14.3 Å². The van der Waals surface area contributed by atoms with Crippen LogP contribution >= 0.6 is 0 Å². The van der Waals surface area contributed by atoms with Crippen LogP contribution in [-0.4, -0.2) is 58.5 Å². The maximum atomic E-state index is 13.1. The predicted octanol–water partition coefficient (Wildman–Crippen LogP) is 5.16. The monoisotopic (exact) mass is 584 g/mol. The number of aromatic nitrogens is 3. The van der Waals surface area contributed by atoms with Crippen LogP contribution < -0.4 is 10.4 Å². The second kappa shape index (κ2) is 13.5. The Kier molecular flexibility index (Phi) is 9.36. The van der Waals surface area contributed by atoms with E-state index >= 15 is 0 Å². The Morgan fingerprint density at radius 1 is 1.02 bits per heavy atom. The zero-order valence-electron chi connectivity index (χ0n) is 24.6. The highest BCUT2D eigenvalue weighted by Crippen LogP contribution is 2.31. The fourth-order valence-electron chi connectivity index (χ4n) is 5.48. The van der Waals surface area contributed by atoms with E-state index in [4.69, 9.17) is 14.2 Å². The minimum Gasteiger partial charge on any atom is -0.488 e. The molecule has 1 N–H and O–H groups in total. The van der Waals surface area contributed by atoms with E-state index in [0.717, 1.165) is 34.3 Å². The second-order valence-corrected chi connectivity index (χ2v) is 10.7. The highest BCUT2D eigenvalue weighted by atomic mass is 16.7. The largest absolute Gasteiger partial charge is 0.488 e. The summed E-state index contributed by atoms with van der Waals surface area (Å²) in [5, 5.41) is 4.50. The van der Waals surface area contributed by atoms with Gasteiger partial charge in [-0.15, -0.1) is 5.10 Å². The minimum atomic E-state index is -1.11. The number of hydrogen-bond acceptors (Lipinski definition) is 7. The van der Waals surface area contributed by atoms with Gasteiger partial charge in [-0.05, 0) is 48.9 Å². The van der Waals surface area contributed by atoms with Gasteiger partial charge in [0.15, 0.2) is 5.82 Å². The summed E-state index contributed by atoms with van der Waals surface area (Å²) in [5.74, 6) is 0.431. The van der Waals surface area contributed by atoms with Gasteiger partial charge in [0.2, 0.25) is 6.29 Å². The van der Waals surface area contributed by atoms with Crippen LogP contribution in [0.5, 0.6) is 5.75 Å². The molecule has 224 valence electrons. The molecule has 1 aliphatic rings. The maximum Gasteiger partial charge on any atom is 0.412 e. The number of aromatic amines is 1. The Morgan fingerprint density at radius 2 is 1.65 bits per heavy atom. The predicted molar refractivity (Wildman–Crippen MR) is 161 cm³/mol. The first-order chi connectivity index (χ1) is 20.9. The quantitative estimate of drug-likeness (QED) is 0.202. The van der Waals surface area contributed by atoms with E-state index in [9.17, 15) is 14.4 Å². The average Bonchev–Trinajstić information content (AvgIpc) is 3.42. The normalized spacial score (nSPS) is 15.1.